The summed E-state index contributed by atoms with van der Waals surface area (Å²) in [6.07, 6.45) is 1.65. The second kappa shape index (κ2) is 8.05. The minimum absolute atomic E-state index is 0.110. The molecule has 0 aliphatic heterocycles. The highest BCUT2D eigenvalue weighted by Gasteiger charge is 2.16. The molecule has 3 heterocycles. The van der Waals surface area contributed by atoms with Gasteiger partial charge in [-0.2, -0.15) is 0 Å². The van der Waals surface area contributed by atoms with Crippen LogP contribution in [0.2, 0.25) is 0 Å². The molecular weight excluding hydrogens is 422 g/mol. The van der Waals surface area contributed by atoms with Crippen LogP contribution in [0.5, 0.6) is 0 Å². The smallest absolute Gasteiger partial charge is 0.262 e. The minimum atomic E-state index is -0.220. The van der Waals surface area contributed by atoms with E-state index in [0.29, 0.717) is 11.3 Å². The van der Waals surface area contributed by atoms with E-state index in [1.807, 2.05) is 73.0 Å². The van der Waals surface area contributed by atoms with Crippen LogP contribution < -0.4 is 10.9 Å². The third-order valence-corrected chi connectivity index (χ3v) is 6.68. The highest BCUT2D eigenvalue weighted by molar-refractivity contribution is 7.18. The zero-order valence-electron chi connectivity index (χ0n) is 17.7. The van der Waals surface area contributed by atoms with Gasteiger partial charge in [0.2, 0.25) is 11.9 Å². The zero-order valence-corrected chi connectivity index (χ0v) is 18.5. The van der Waals surface area contributed by atoms with Crippen LogP contribution in [0.1, 0.15) is 16.9 Å². The maximum Gasteiger partial charge on any atom is 0.262 e. The Bertz CT molecular complexity index is 1510. The molecule has 0 saturated carbocycles. The van der Waals surface area contributed by atoms with E-state index in [-0.39, 0.29) is 24.4 Å². The van der Waals surface area contributed by atoms with Crippen molar-refractivity contribution in [3.8, 4) is 5.69 Å². The molecule has 0 aliphatic carbocycles. The average Bonchev–Trinajstić information content (AvgIpc) is 3.30. The third kappa shape index (κ3) is 3.48. The van der Waals surface area contributed by atoms with E-state index in [1.54, 1.807) is 0 Å². The number of anilines is 1. The molecule has 160 valence electrons. The topological polar surface area (TPSA) is 81.8 Å². The largest absolute Gasteiger partial charge is 0.298 e. The van der Waals surface area contributed by atoms with Crippen molar-refractivity contribution in [3.63, 3.8) is 0 Å². The Morgan fingerprint density at radius 2 is 1.81 bits per heavy atom. The molecule has 0 bridgehead atoms. The van der Waals surface area contributed by atoms with Crippen molar-refractivity contribution in [2.45, 2.75) is 26.8 Å². The van der Waals surface area contributed by atoms with Gasteiger partial charge < -0.3 is 0 Å². The summed E-state index contributed by atoms with van der Waals surface area (Å²) in [5.41, 5.74) is 3.45. The maximum atomic E-state index is 12.9. The summed E-state index contributed by atoms with van der Waals surface area (Å²) in [4.78, 5) is 36.5. The van der Waals surface area contributed by atoms with Crippen molar-refractivity contribution in [2.24, 2.45) is 0 Å². The molecule has 1 amide bonds. The van der Waals surface area contributed by atoms with Gasteiger partial charge in [-0.15, -0.1) is 11.3 Å². The van der Waals surface area contributed by atoms with Gasteiger partial charge in [0.25, 0.3) is 5.56 Å². The fraction of sp³-hybridized carbons (Fsp3) is 0.167. The monoisotopic (exact) mass is 443 g/mol. The van der Waals surface area contributed by atoms with Crippen molar-refractivity contribution in [1.82, 2.24) is 19.1 Å². The predicted octanol–water partition coefficient (Wildman–Crippen LogP) is 4.44. The number of benzene rings is 2. The lowest BCUT2D eigenvalue weighted by Crippen LogP contribution is -2.24. The number of amides is 1. The molecular formula is C24H21N5O2S. The molecule has 7 nitrogen and oxygen atoms in total. The first-order valence-corrected chi connectivity index (χ1v) is 11.1. The number of carbonyl (C=O) groups is 1. The first-order valence-electron chi connectivity index (χ1n) is 10.3. The van der Waals surface area contributed by atoms with E-state index in [1.165, 1.54) is 22.2 Å². The SMILES string of the molecule is Cc1sc2ncn(CCC(=O)Nc3nc4ccccc4n3-c3ccccc3)c(=O)c2c1C. The Morgan fingerprint density at radius 1 is 1.06 bits per heavy atom. The molecule has 0 saturated heterocycles. The first kappa shape index (κ1) is 20.1. The zero-order chi connectivity index (χ0) is 22.2. The van der Waals surface area contributed by atoms with E-state index in [9.17, 15) is 9.59 Å². The number of imidazole rings is 1. The molecule has 8 heteroatoms. The number of para-hydroxylation sites is 3. The summed E-state index contributed by atoms with van der Waals surface area (Å²) in [7, 11) is 0. The fourth-order valence-corrected chi connectivity index (χ4v) is 4.77. The van der Waals surface area contributed by atoms with Crippen molar-refractivity contribution in [3.05, 3.63) is 81.7 Å². The molecule has 0 radical (unpaired) electrons. The Morgan fingerprint density at radius 3 is 2.62 bits per heavy atom. The number of aryl methyl sites for hydroxylation is 3. The summed E-state index contributed by atoms with van der Waals surface area (Å²) < 4.78 is 3.42. The van der Waals surface area contributed by atoms with Gasteiger partial charge >= 0.3 is 0 Å². The number of thiophene rings is 1. The van der Waals surface area contributed by atoms with Gasteiger partial charge in [0.1, 0.15) is 4.83 Å². The van der Waals surface area contributed by atoms with Crippen LogP contribution >= 0.6 is 11.3 Å². The lowest BCUT2D eigenvalue weighted by Gasteiger charge is -2.10. The van der Waals surface area contributed by atoms with Crippen LogP contribution in [0.15, 0.2) is 65.7 Å². The molecule has 0 aliphatic rings. The number of fused-ring (bicyclic) bond motifs is 2. The molecule has 0 unspecified atom stereocenters. The number of nitrogens with zero attached hydrogens (tertiary/aromatic N) is 4. The molecule has 0 fully saturated rings. The van der Waals surface area contributed by atoms with Gasteiger partial charge in [-0.05, 0) is 43.7 Å². The van der Waals surface area contributed by atoms with E-state index in [4.69, 9.17) is 0 Å². The molecule has 3 aromatic heterocycles. The third-order valence-electron chi connectivity index (χ3n) is 5.56. The number of carbonyl (C=O) groups excluding carboxylic acids is 1. The summed E-state index contributed by atoms with van der Waals surface area (Å²) in [5, 5.41) is 3.56. The number of hydrogen-bond acceptors (Lipinski definition) is 5. The Labute approximate surface area is 188 Å². The second-order valence-corrected chi connectivity index (χ2v) is 8.80. The minimum Gasteiger partial charge on any atom is -0.298 e. The number of rotatable bonds is 5. The molecule has 0 atom stereocenters. The standard InChI is InChI=1S/C24H21N5O2S/c1-15-16(2)32-22-21(15)23(31)28(14-25-22)13-12-20(30)27-24-26-18-10-6-7-11-19(18)29(24)17-8-4-3-5-9-17/h3-11,14H,12-13H2,1-2H3,(H,26,27,30). The molecule has 32 heavy (non-hydrogen) atoms. The van der Waals surface area contributed by atoms with Crippen molar-refractivity contribution < 1.29 is 4.79 Å². The van der Waals surface area contributed by atoms with Gasteiger partial charge in [-0.1, -0.05) is 30.3 Å². The van der Waals surface area contributed by atoms with Gasteiger partial charge in [-0.3, -0.25) is 24.0 Å². The van der Waals surface area contributed by atoms with Gasteiger partial charge in [0.15, 0.2) is 0 Å². The number of nitrogens with one attached hydrogen (secondary N) is 1. The molecule has 5 aromatic rings. The van der Waals surface area contributed by atoms with E-state index >= 15 is 0 Å². The van der Waals surface area contributed by atoms with E-state index < -0.39 is 0 Å². The Kier molecular flexibility index (Phi) is 5.07. The van der Waals surface area contributed by atoms with Crippen LogP contribution in [0.25, 0.3) is 26.9 Å². The summed E-state index contributed by atoms with van der Waals surface area (Å²) in [5.74, 6) is 0.232. The van der Waals surface area contributed by atoms with Gasteiger partial charge in [0.05, 0.1) is 22.7 Å². The van der Waals surface area contributed by atoms with Crippen molar-refractivity contribution in [1.29, 1.82) is 0 Å². The summed E-state index contributed by atoms with van der Waals surface area (Å²) in [6.45, 7) is 4.16. The van der Waals surface area contributed by atoms with Gasteiger partial charge in [-0.25, -0.2) is 9.97 Å². The Hall–Kier alpha value is -3.78. The molecule has 0 spiro atoms. The second-order valence-electron chi connectivity index (χ2n) is 7.60. The number of aromatic nitrogens is 4. The van der Waals surface area contributed by atoms with Gasteiger partial charge in [0, 0.05) is 23.5 Å². The summed E-state index contributed by atoms with van der Waals surface area (Å²) in [6, 6.07) is 17.5. The van der Waals surface area contributed by atoms with Crippen molar-refractivity contribution in [2.75, 3.05) is 5.32 Å². The predicted molar refractivity (Wildman–Crippen MR) is 128 cm³/mol. The van der Waals surface area contributed by atoms with Crippen LogP contribution in [-0.4, -0.2) is 25.0 Å². The lowest BCUT2D eigenvalue weighted by molar-refractivity contribution is -0.116. The number of hydrogen-bond donors (Lipinski definition) is 1. The lowest BCUT2D eigenvalue weighted by atomic mass is 10.2. The normalized spacial score (nSPS) is 11.3. The molecule has 5 rings (SSSR count). The van der Waals surface area contributed by atoms with Crippen LogP contribution in [-0.2, 0) is 11.3 Å². The summed E-state index contributed by atoms with van der Waals surface area (Å²) >= 11 is 1.51. The average molecular weight is 444 g/mol. The van der Waals surface area contributed by atoms with Crippen molar-refractivity contribution >= 4 is 44.4 Å². The Balaban J connectivity index is 1.41. The van der Waals surface area contributed by atoms with Crippen LogP contribution in [0, 0.1) is 13.8 Å². The first-order chi connectivity index (χ1) is 15.5. The molecule has 2 aromatic carbocycles. The van der Waals surface area contributed by atoms with E-state index in [0.717, 1.165) is 32.0 Å². The maximum absolute atomic E-state index is 12.9. The van der Waals surface area contributed by atoms with E-state index in [2.05, 4.69) is 15.3 Å². The van der Waals surface area contributed by atoms with Crippen LogP contribution in [0.3, 0.4) is 0 Å². The van der Waals surface area contributed by atoms with Crippen LogP contribution in [0.4, 0.5) is 5.95 Å². The molecule has 1 N–H and O–H groups in total. The quantitative estimate of drug-likeness (QED) is 0.435. The fourth-order valence-electron chi connectivity index (χ4n) is 3.79. The highest BCUT2D eigenvalue weighted by Crippen LogP contribution is 2.26. The highest BCUT2D eigenvalue weighted by atomic mass is 32.1.